The van der Waals surface area contributed by atoms with E-state index in [-0.39, 0.29) is 11.0 Å². The van der Waals surface area contributed by atoms with E-state index in [0.29, 0.717) is 0 Å². The molecule has 0 aliphatic carbocycles. The fourth-order valence-electron chi connectivity index (χ4n) is 0.744. The van der Waals surface area contributed by atoms with E-state index < -0.39 is 5.67 Å². The van der Waals surface area contributed by atoms with Gasteiger partial charge in [0.25, 0.3) is 0 Å². The van der Waals surface area contributed by atoms with Crippen molar-refractivity contribution in [2.75, 3.05) is 0 Å². The van der Waals surface area contributed by atoms with Crippen LogP contribution >= 0.6 is 9.24 Å². The van der Waals surface area contributed by atoms with Gasteiger partial charge >= 0.3 is 0 Å². The molecule has 0 amide bonds. The molecule has 0 fully saturated rings. The van der Waals surface area contributed by atoms with E-state index in [4.69, 9.17) is 0 Å². The molecule has 0 radical (unpaired) electrons. The van der Waals surface area contributed by atoms with Crippen LogP contribution in [0.2, 0.25) is 5.82 Å². The fourth-order valence-corrected chi connectivity index (χ4v) is 1.08. The molecule has 60 valence electrons. The van der Waals surface area contributed by atoms with Crippen LogP contribution in [0, 0.1) is 0 Å². The molecule has 0 aromatic carbocycles. The maximum Gasteiger partial charge on any atom is 0.112 e. The van der Waals surface area contributed by atoms with Crippen LogP contribution in [-0.4, -0.2) is 18.7 Å². The minimum Gasteiger partial charge on any atom is -0.244 e. The molecule has 0 rings (SSSR count). The van der Waals surface area contributed by atoms with Gasteiger partial charge in [0.1, 0.15) is 13.5 Å². The van der Waals surface area contributed by atoms with E-state index in [2.05, 4.69) is 9.24 Å². The molecule has 0 aliphatic heterocycles. The largest absolute Gasteiger partial charge is 0.244 e. The van der Waals surface area contributed by atoms with Gasteiger partial charge in [0.2, 0.25) is 0 Å². The molecule has 3 atom stereocenters. The van der Waals surface area contributed by atoms with Crippen LogP contribution < -0.4 is 0 Å². The Morgan fingerprint density at radius 1 is 1.40 bits per heavy atom. The van der Waals surface area contributed by atoms with Crippen LogP contribution in [0.25, 0.3) is 0 Å². The Morgan fingerprint density at radius 2 is 1.70 bits per heavy atom. The summed E-state index contributed by atoms with van der Waals surface area (Å²) in [5.74, 6) is 0.0694. The standard InChI is InChI=1S/C7H17BFP/c1-5(8)7(4,9)6(2,3)10/h5H,8,10H2,1-4H3. The molecule has 0 spiro atoms. The van der Waals surface area contributed by atoms with Crippen molar-refractivity contribution in [3.8, 4) is 0 Å². The molecule has 0 saturated heterocycles. The molecule has 0 saturated carbocycles. The zero-order valence-corrected chi connectivity index (χ0v) is 8.69. The summed E-state index contributed by atoms with van der Waals surface area (Å²) >= 11 is 0. The normalized spacial score (nSPS) is 21.8. The van der Waals surface area contributed by atoms with Crippen molar-refractivity contribution < 1.29 is 4.39 Å². The van der Waals surface area contributed by atoms with Crippen LogP contribution in [0.3, 0.4) is 0 Å². The van der Waals surface area contributed by atoms with Gasteiger partial charge in [-0.25, -0.2) is 4.39 Å². The molecule has 0 heterocycles. The predicted octanol–water partition coefficient (Wildman–Crippen LogP) is 1.81. The van der Waals surface area contributed by atoms with E-state index in [1.54, 1.807) is 6.92 Å². The van der Waals surface area contributed by atoms with Crippen molar-refractivity contribution in [1.29, 1.82) is 0 Å². The number of hydrogen-bond acceptors (Lipinski definition) is 0. The van der Waals surface area contributed by atoms with Crippen molar-refractivity contribution in [2.24, 2.45) is 0 Å². The van der Waals surface area contributed by atoms with Gasteiger partial charge in [0.05, 0.1) is 0 Å². The average Bonchev–Trinajstić information content (AvgIpc) is 1.62. The smallest absolute Gasteiger partial charge is 0.112 e. The Hall–Kier alpha value is 0.425. The van der Waals surface area contributed by atoms with Crippen LogP contribution in [0.4, 0.5) is 4.39 Å². The third kappa shape index (κ3) is 1.95. The first kappa shape index (κ1) is 10.4. The SMILES string of the molecule is BC(C)C(C)(F)C(C)(C)P. The van der Waals surface area contributed by atoms with Gasteiger partial charge in [0.15, 0.2) is 0 Å². The van der Waals surface area contributed by atoms with Crippen LogP contribution in [-0.2, 0) is 0 Å². The van der Waals surface area contributed by atoms with Crippen molar-refractivity contribution in [1.82, 2.24) is 0 Å². The third-order valence-corrected chi connectivity index (χ3v) is 2.91. The molecule has 0 aliphatic rings. The Bertz CT molecular complexity index is 115. The average molecular weight is 162 g/mol. The van der Waals surface area contributed by atoms with E-state index >= 15 is 0 Å². The summed E-state index contributed by atoms with van der Waals surface area (Å²) in [6.45, 7) is 7.37. The van der Waals surface area contributed by atoms with Crippen LogP contribution in [0.1, 0.15) is 27.7 Å². The summed E-state index contributed by atoms with van der Waals surface area (Å²) in [6.07, 6.45) is 0. The highest BCUT2D eigenvalue weighted by Crippen LogP contribution is 2.41. The van der Waals surface area contributed by atoms with Crippen molar-refractivity contribution >= 4 is 17.1 Å². The van der Waals surface area contributed by atoms with Crippen LogP contribution in [0.5, 0.6) is 0 Å². The predicted molar refractivity (Wildman–Crippen MR) is 51.3 cm³/mol. The first-order valence-electron chi connectivity index (χ1n) is 3.67. The second-order valence-corrected chi connectivity index (χ2v) is 5.40. The number of halogens is 1. The van der Waals surface area contributed by atoms with Crippen molar-refractivity contribution in [2.45, 2.75) is 44.3 Å². The maximum atomic E-state index is 13.7. The molecule has 10 heavy (non-hydrogen) atoms. The molecule has 0 bridgehead atoms. The Balaban J connectivity index is 4.40. The Labute approximate surface area is 66.6 Å². The lowest BCUT2D eigenvalue weighted by atomic mass is 9.71. The summed E-state index contributed by atoms with van der Waals surface area (Å²) in [5.41, 5.74) is -1.10. The molecule has 3 heteroatoms. The lowest BCUT2D eigenvalue weighted by Crippen LogP contribution is -2.41. The summed E-state index contributed by atoms with van der Waals surface area (Å²) in [6, 6.07) is 0. The quantitative estimate of drug-likeness (QED) is 0.429. The zero-order valence-electron chi connectivity index (χ0n) is 7.53. The van der Waals surface area contributed by atoms with E-state index in [1.807, 2.05) is 28.6 Å². The monoisotopic (exact) mass is 162 g/mol. The Morgan fingerprint density at radius 3 is 1.70 bits per heavy atom. The highest BCUT2D eigenvalue weighted by atomic mass is 31.0. The topological polar surface area (TPSA) is 0 Å². The molecule has 0 aromatic rings. The zero-order chi connectivity index (χ0) is 8.58. The molecule has 0 N–H and O–H groups in total. The van der Waals surface area contributed by atoms with E-state index in [1.165, 1.54) is 0 Å². The summed E-state index contributed by atoms with van der Waals surface area (Å²) in [5, 5.41) is -0.332. The van der Waals surface area contributed by atoms with Gasteiger partial charge in [0, 0.05) is 5.16 Å². The molecular formula is C7H17BFP. The summed E-state index contributed by atoms with van der Waals surface area (Å²) in [7, 11) is 4.46. The lowest BCUT2D eigenvalue weighted by Gasteiger charge is -2.37. The van der Waals surface area contributed by atoms with Gasteiger partial charge < -0.3 is 0 Å². The minimum atomic E-state index is -1.10. The number of alkyl halides is 1. The lowest BCUT2D eigenvalue weighted by molar-refractivity contribution is 0.140. The molecule has 0 aromatic heterocycles. The van der Waals surface area contributed by atoms with Crippen molar-refractivity contribution in [3.05, 3.63) is 0 Å². The molecule has 3 unspecified atom stereocenters. The molecular weight excluding hydrogens is 145 g/mol. The van der Waals surface area contributed by atoms with Gasteiger partial charge in [-0.2, -0.15) is 0 Å². The fraction of sp³-hybridized carbons (Fsp3) is 1.00. The van der Waals surface area contributed by atoms with Gasteiger partial charge in [-0.1, -0.05) is 20.8 Å². The van der Waals surface area contributed by atoms with Gasteiger partial charge in [-0.15, -0.1) is 9.24 Å². The highest BCUT2D eigenvalue weighted by molar-refractivity contribution is 7.19. The first-order chi connectivity index (χ1) is 4.19. The van der Waals surface area contributed by atoms with E-state index in [9.17, 15) is 4.39 Å². The summed E-state index contributed by atoms with van der Waals surface area (Å²) in [4.78, 5) is 0. The number of hydrogen-bond donors (Lipinski definition) is 0. The van der Waals surface area contributed by atoms with Crippen molar-refractivity contribution in [3.63, 3.8) is 0 Å². The maximum absolute atomic E-state index is 13.7. The second-order valence-electron chi connectivity index (χ2n) is 3.95. The molecule has 0 nitrogen and oxygen atoms in total. The third-order valence-electron chi connectivity index (χ3n) is 2.34. The van der Waals surface area contributed by atoms with Crippen LogP contribution in [0.15, 0.2) is 0 Å². The highest BCUT2D eigenvalue weighted by Gasteiger charge is 2.40. The minimum absolute atomic E-state index is 0.0694. The summed E-state index contributed by atoms with van der Waals surface area (Å²) < 4.78 is 13.7. The van der Waals surface area contributed by atoms with Gasteiger partial charge in [-0.05, 0) is 12.7 Å². The second kappa shape index (κ2) is 2.81. The Kier molecular flexibility index (Phi) is 2.93. The van der Waals surface area contributed by atoms with Gasteiger partial charge in [-0.3, -0.25) is 0 Å². The number of rotatable bonds is 2. The van der Waals surface area contributed by atoms with E-state index in [0.717, 1.165) is 0 Å². The first-order valence-corrected chi connectivity index (χ1v) is 4.25.